The molecule has 0 amide bonds. The maximum atomic E-state index is 5.98. The van der Waals surface area contributed by atoms with E-state index in [1.54, 1.807) is 0 Å². The fourth-order valence-electron chi connectivity index (χ4n) is 1.26. The van der Waals surface area contributed by atoms with Crippen LogP contribution < -0.4 is 4.43 Å². The van der Waals surface area contributed by atoms with Crippen LogP contribution in [0.1, 0.15) is 6.42 Å². The maximum Gasteiger partial charge on any atom is 0.245 e. The molecule has 0 saturated carbocycles. The van der Waals surface area contributed by atoms with E-state index in [0.29, 0.717) is 0 Å². The van der Waals surface area contributed by atoms with Crippen molar-refractivity contribution in [2.45, 2.75) is 25.6 Å². The van der Waals surface area contributed by atoms with Crippen LogP contribution in [0, 0.1) is 6.07 Å². The maximum absolute atomic E-state index is 5.98. The molecule has 0 atom stereocenters. The topological polar surface area (TPSA) is 9.23 Å². The zero-order valence-electron chi connectivity index (χ0n) is 8.92. The highest BCUT2D eigenvalue weighted by Crippen LogP contribution is 2.19. The van der Waals surface area contributed by atoms with Gasteiger partial charge in [0, 0.05) is 0 Å². The first-order chi connectivity index (χ1) is 6.64. The molecule has 0 heterocycles. The van der Waals surface area contributed by atoms with E-state index in [4.69, 9.17) is 4.43 Å². The van der Waals surface area contributed by atoms with Gasteiger partial charge in [0.15, 0.2) is 0 Å². The van der Waals surface area contributed by atoms with Gasteiger partial charge in [0.05, 0.1) is 0 Å². The lowest BCUT2D eigenvalue weighted by atomic mass is 10.3. The van der Waals surface area contributed by atoms with Crippen molar-refractivity contribution in [1.29, 1.82) is 0 Å². The first-order valence-corrected chi connectivity index (χ1v) is 8.02. The molecule has 1 aromatic rings. The van der Waals surface area contributed by atoms with Gasteiger partial charge in [0.25, 0.3) is 0 Å². The second kappa shape index (κ2) is 5.01. The smallest absolute Gasteiger partial charge is 0.245 e. The minimum atomic E-state index is -1.55. The normalized spacial score (nSPS) is 11.0. The van der Waals surface area contributed by atoms with Crippen molar-refractivity contribution in [2.24, 2.45) is 0 Å². The second-order valence-electron chi connectivity index (χ2n) is 3.92. The lowest BCUT2D eigenvalue weighted by molar-refractivity contribution is 0.547. The quantitative estimate of drug-likeness (QED) is 0.526. The number of hydrogen-bond acceptors (Lipinski definition) is 1. The fourth-order valence-corrected chi connectivity index (χ4v) is 3.03. The Balaban J connectivity index is 2.54. The third-order valence-corrected chi connectivity index (χ3v) is 4.31. The minimum Gasteiger partial charge on any atom is -0.544 e. The highest BCUT2D eigenvalue weighted by Gasteiger charge is 2.22. The number of rotatable bonds is 5. The molecule has 0 aromatic heterocycles. The molecule has 0 N–H and O–H groups in total. The average Bonchev–Trinajstić information content (AvgIpc) is 2.16. The van der Waals surface area contributed by atoms with Crippen molar-refractivity contribution < 1.29 is 4.43 Å². The Bertz CT molecular complexity index is 280. The largest absolute Gasteiger partial charge is 0.544 e. The van der Waals surface area contributed by atoms with Crippen molar-refractivity contribution in [3.63, 3.8) is 0 Å². The standard InChI is InChI=1S/C12H17OSi/c1-4-5-11-14(2,3)13-12-9-7-6-8-10-12/h4,7-10H,1,5,11H2,2-3H3. The number of hydrogen-bond donors (Lipinski definition) is 0. The van der Waals surface area contributed by atoms with Gasteiger partial charge in [-0.2, -0.15) is 0 Å². The van der Waals surface area contributed by atoms with Gasteiger partial charge in [-0.25, -0.2) is 0 Å². The third-order valence-electron chi connectivity index (χ3n) is 2.03. The lowest BCUT2D eigenvalue weighted by Gasteiger charge is -2.23. The molecule has 1 aromatic carbocycles. The third kappa shape index (κ3) is 3.79. The van der Waals surface area contributed by atoms with Crippen LogP contribution in [-0.4, -0.2) is 8.32 Å². The lowest BCUT2D eigenvalue weighted by Crippen LogP contribution is -2.33. The summed E-state index contributed by atoms with van der Waals surface area (Å²) in [7, 11) is -1.55. The highest BCUT2D eigenvalue weighted by molar-refractivity contribution is 6.71. The minimum absolute atomic E-state index is 0.962. The van der Waals surface area contributed by atoms with Crippen molar-refractivity contribution in [2.75, 3.05) is 0 Å². The predicted molar refractivity (Wildman–Crippen MR) is 63.0 cm³/mol. The Morgan fingerprint density at radius 1 is 1.43 bits per heavy atom. The average molecular weight is 205 g/mol. The predicted octanol–water partition coefficient (Wildman–Crippen LogP) is 3.65. The summed E-state index contributed by atoms with van der Waals surface area (Å²) < 4.78 is 5.98. The van der Waals surface area contributed by atoms with Crippen LogP contribution in [-0.2, 0) is 0 Å². The molecule has 0 aliphatic rings. The van der Waals surface area contributed by atoms with Crippen LogP contribution >= 0.6 is 0 Å². The molecule has 1 nitrogen and oxygen atoms in total. The van der Waals surface area contributed by atoms with Crippen molar-refractivity contribution in [3.05, 3.63) is 43.0 Å². The first-order valence-electron chi connectivity index (χ1n) is 4.90. The summed E-state index contributed by atoms with van der Waals surface area (Å²) in [5.41, 5.74) is 0. The molecule has 2 heteroatoms. The van der Waals surface area contributed by atoms with Gasteiger partial charge in [0.2, 0.25) is 8.32 Å². The van der Waals surface area contributed by atoms with Crippen LogP contribution in [0.25, 0.3) is 0 Å². The van der Waals surface area contributed by atoms with Crippen LogP contribution in [0.5, 0.6) is 5.75 Å². The molecular formula is C12H17OSi. The Labute approximate surface area is 87.5 Å². The van der Waals surface area contributed by atoms with E-state index in [-0.39, 0.29) is 0 Å². The summed E-state index contributed by atoms with van der Waals surface area (Å²) in [5.74, 6) is 0.962. The van der Waals surface area contributed by atoms with E-state index in [2.05, 4.69) is 25.7 Å². The van der Waals surface area contributed by atoms with Gasteiger partial charge >= 0.3 is 0 Å². The van der Waals surface area contributed by atoms with Gasteiger partial charge in [-0.3, -0.25) is 0 Å². The summed E-state index contributed by atoms with van der Waals surface area (Å²) in [6.07, 6.45) is 3.00. The monoisotopic (exact) mass is 205 g/mol. The molecule has 0 unspecified atom stereocenters. The number of benzene rings is 1. The van der Waals surface area contributed by atoms with E-state index in [0.717, 1.165) is 18.2 Å². The highest BCUT2D eigenvalue weighted by atomic mass is 28.4. The van der Waals surface area contributed by atoms with Crippen molar-refractivity contribution in [1.82, 2.24) is 0 Å². The SMILES string of the molecule is C=CCC[Si](C)(C)Oc1cc[c]cc1. The van der Waals surface area contributed by atoms with Gasteiger partial charge in [-0.05, 0) is 43.8 Å². The molecule has 0 aliphatic heterocycles. The van der Waals surface area contributed by atoms with Crippen LogP contribution in [0.15, 0.2) is 36.9 Å². The van der Waals surface area contributed by atoms with E-state index in [9.17, 15) is 0 Å². The zero-order chi connectivity index (χ0) is 10.4. The first kappa shape index (κ1) is 11.1. The Morgan fingerprint density at radius 3 is 2.64 bits per heavy atom. The van der Waals surface area contributed by atoms with Gasteiger partial charge < -0.3 is 4.43 Å². The molecule has 0 bridgehead atoms. The summed E-state index contributed by atoms with van der Waals surface area (Å²) in [4.78, 5) is 0. The van der Waals surface area contributed by atoms with Gasteiger partial charge in [0.1, 0.15) is 5.75 Å². The van der Waals surface area contributed by atoms with E-state index in [1.807, 2.05) is 30.3 Å². The molecule has 0 fully saturated rings. The molecule has 0 spiro atoms. The second-order valence-corrected chi connectivity index (χ2v) is 8.15. The Morgan fingerprint density at radius 2 is 2.07 bits per heavy atom. The zero-order valence-corrected chi connectivity index (χ0v) is 9.92. The van der Waals surface area contributed by atoms with E-state index < -0.39 is 8.32 Å². The Hall–Kier alpha value is -1.02. The molecule has 75 valence electrons. The van der Waals surface area contributed by atoms with Crippen molar-refractivity contribution in [3.8, 4) is 5.75 Å². The fraction of sp³-hybridized carbons (Fsp3) is 0.333. The molecule has 1 rings (SSSR count). The molecule has 14 heavy (non-hydrogen) atoms. The van der Waals surface area contributed by atoms with E-state index >= 15 is 0 Å². The van der Waals surface area contributed by atoms with Crippen LogP contribution in [0.4, 0.5) is 0 Å². The number of allylic oxidation sites excluding steroid dienone is 1. The summed E-state index contributed by atoms with van der Waals surface area (Å²) >= 11 is 0. The van der Waals surface area contributed by atoms with Crippen molar-refractivity contribution >= 4 is 8.32 Å². The Kier molecular flexibility index (Phi) is 3.95. The van der Waals surface area contributed by atoms with E-state index in [1.165, 1.54) is 0 Å². The molecule has 0 aliphatic carbocycles. The summed E-state index contributed by atoms with van der Waals surface area (Å²) in [6.45, 7) is 8.19. The summed E-state index contributed by atoms with van der Waals surface area (Å²) in [5, 5.41) is 0. The molecular weight excluding hydrogens is 188 g/mol. The summed E-state index contributed by atoms with van der Waals surface area (Å²) in [6, 6.07) is 11.8. The van der Waals surface area contributed by atoms with Crippen LogP contribution in [0.2, 0.25) is 19.1 Å². The van der Waals surface area contributed by atoms with Gasteiger partial charge in [-0.1, -0.05) is 18.2 Å². The molecule has 0 saturated heterocycles. The van der Waals surface area contributed by atoms with Gasteiger partial charge in [-0.15, -0.1) is 6.58 Å². The van der Waals surface area contributed by atoms with Crippen LogP contribution in [0.3, 0.4) is 0 Å². The molecule has 1 radical (unpaired) electrons.